The molecular formula is C27H29NO. The van der Waals surface area contributed by atoms with Gasteiger partial charge in [-0.25, -0.2) is 0 Å². The van der Waals surface area contributed by atoms with E-state index in [-0.39, 0.29) is 0 Å². The van der Waals surface area contributed by atoms with Crippen molar-refractivity contribution in [1.29, 1.82) is 0 Å². The van der Waals surface area contributed by atoms with Crippen molar-refractivity contribution in [2.24, 2.45) is 0 Å². The second-order valence-electron chi connectivity index (χ2n) is 7.90. The molecule has 3 aromatic carbocycles. The number of carbonyl (C=O) groups excluding carboxylic acids is 1. The molecule has 29 heavy (non-hydrogen) atoms. The van der Waals surface area contributed by atoms with Crippen LogP contribution in [0.1, 0.15) is 42.4 Å². The molecule has 0 bridgehead atoms. The zero-order valence-corrected chi connectivity index (χ0v) is 17.0. The van der Waals surface area contributed by atoms with Gasteiger partial charge < -0.3 is 0 Å². The van der Waals surface area contributed by atoms with Crippen LogP contribution < -0.4 is 0 Å². The van der Waals surface area contributed by atoms with Crippen molar-refractivity contribution in [3.8, 4) is 0 Å². The number of nitrogens with zero attached hydrogens (tertiary/aromatic N) is 1. The molecule has 1 saturated heterocycles. The van der Waals surface area contributed by atoms with Crippen LogP contribution in [-0.4, -0.2) is 23.8 Å². The molecule has 0 amide bonds. The second-order valence-corrected chi connectivity index (χ2v) is 7.90. The Morgan fingerprint density at radius 1 is 0.690 bits per heavy atom. The zero-order chi connectivity index (χ0) is 19.9. The van der Waals surface area contributed by atoms with Gasteiger partial charge >= 0.3 is 0 Å². The lowest BCUT2D eigenvalue weighted by Crippen LogP contribution is -2.54. The van der Waals surface area contributed by atoms with E-state index in [0.29, 0.717) is 12.2 Å². The average Bonchev–Trinajstić information content (AvgIpc) is 2.81. The van der Waals surface area contributed by atoms with Crippen LogP contribution in [0.5, 0.6) is 0 Å². The summed E-state index contributed by atoms with van der Waals surface area (Å²) in [6.07, 6.45) is 4.84. The van der Waals surface area contributed by atoms with Gasteiger partial charge in [0.25, 0.3) is 0 Å². The predicted octanol–water partition coefficient (Wildman–Crippen LogP) is 5.62. The topological polar surface area (TPSA) is 20.3 Å². The van der Waals surface area contributed by atoms with Gasteiger partial charge in [0.1, 0.15) is 5.54 Å². The number of piperidine rings is 1. The Balaban J connectivity index is 1.79. The molecule has 0 radical (unpaired) electrons. The van der Waals surface area contributed by atoms with E-state index < -0.39 is 5.54 Å². The van der Waals surface area contributed by atoms with Crippen LogP contribution in [0, 0.1) is 0 Å². The number of Topliss-reactive ketones (excluding diaryl/α,β-unsaturated/α-hetero) is 1. The van der Waals surface area contributed by atoms with Crippen molar-refractivity contribution >= 4 is 5.78 Å². The van der Waals surface area contributed by atoms with Gasteiger partial charge in [-0.05, 0) is 49.0 Å². The summed E-state index contributed by atoms with van der Waals surface area (Å²) >= 11 is 0. The number of carbonyl (C=O) groups is 1. The summed E-state index contributed by atoms with van der Waals surface area (Å²) in [6.45, 7) is 1.92. The molecule has 0 unspecified atom stereocenters. The van der Waals surface area contributed by atoms with Gasteiger partial charge in [-0.15, -0.1) is 0 Å². The van der Waals surface area contributed by atoms with E-state index in [1.54, 1.807) is 0 Å². The molecule has 1 aliphatic rings. The Morgan fingerprint density at radius 2 is 1.17 bits per heavy atom. The Bertz CT molecular complexity index is 860. The fourth-order valence-corrected chi connectivity index (χ4v) is 4.70. The molecule has 0 N–H and O–H groups in total. The number of aryl methyl sites for hydroxylation is 1. The predicted molar refractivity (Wildman–Crippen MR) is 119 cm³/mol. The van der Waals surface area contributed by atoms with Gasteiger partial charge in [0.2, 0.25) is 0 Å². The summed E-state index contributed by atoms with van der Waals surface area (Å²) in [5, 5.41) is 0. The summed E-state index contributed by atoms with van der Waals surface area (Å²) < 4.78 is 0. The van der Waals surface area contributed by atoms with E-state index in [2.05, 4.69) is 65.6 Å². The maximum Gasteiger partial charge on any atom is 0.162 e. The Hall–Kier alpha value is -2.71. The van der Waals surface area contributed by atoms with Crippen LogP contribution in [-0.2, 0) is 16.8 Å². The molecule has 1 fully saturated rings. The van der Waals surface area contributed by atoms with Gasteiger partial charge in [-0.3, -0.25) is 9.69 Å². The highest BCUT2D eigenvalue weighted by molar-refractivity contribution is 5.93. The maximum atomic E-state index is 14.1. The SMILES string of the molecule is O=C(CCc1ccccc1)C(c1ccccc1)(c1ccccc1)N1CCCCC1. The molecule has 2 nitrogen and oxygen atoms in total. The molecule has 0 saturated carbocycles. The number of hydrogen-bond donors (Lipinski definition) is 0. The highest BCUT2D eigenvalue weighted by Crippen LogP contribution is 2.40. The van der Waals surface area contributed by atoms with Gasteiger partial charge in [0.15, 0.2) is 5.78 Å². The van der Waals surface area contributed by atoms with Crippen molar-refractivity contribution in [3.63, 3.8) is 0 Å². The van der Waals surface area contributed by atoms with Crippen LogP contribution in [0.4, 0.5) is 0 Å². The average molecular weight is 384 g/mol. The van der Waals surface area contributed by atoms with E-state index >= 15 is 0 Å². The molecular weight excluding hydrogens is 354 g/mol. The lowest BCUT2D eigenvalue weighted by atomic mass is 9.75. The first kappa shape index (κ1) is 19.6. The van der Waals surface area contributed by atoms with E-state index in [0.717, 1.165) is 43.5 Å². The summed E-state index contributed by atoms with van der Waals surface area (Å²) in [5.74, 6) is 0.292. The van der Waals surface area contributed by atoms with Gasteiger partial charge in [-0.2, -0.15) is 0 Å². The number of ketones is 1. The van der Waals surface area contributed by atoms with Crippen LogP contribution in [0.2, 0.25) is 0 Å². The fourth-order valence-electron chi connectivity index (χ4n) is 4.70. The molecule has 3 aromatic rings. The number of benzene rings is 3. The minimum Gasteiger partial charge on any atom is -0.297 e. The molecule has 0 spiro atoms. The lowest BCUT2D eigenvalue weighted by Gasteiger charge is -2.45. The van der Waals surface area contributed by atoms with E-state index in [9.17, 15) is 4.79 Å². The van der Waals surface area contributed by atoms with E-state index in [1.807, 2.05) is 30.3 Å². The molecule has 0 aromatic heterocycles. The molecule has 0 aliphatic carbocycles. The third-order valence-electron chi connectivity index (χ3n) is 6.10. The monoisotopic (exact) mass is 383 g/mol. The standard InChI is InChI=1S/C27H29NO/c29-26(20-19-23-13-5-1-6-14-23)27(24-15-7-2-8-16-24,25-17-9-3-10-18-25)28-21-11-4-12-22-28/h1-3,5-10,13-18H,4,11-12,19-22H2. The number of rotatable bonds is 7. The minimum absolute atomic E-state index is 0.292. The first-order chi connectivity index (χ1) is 14.3. The number of likely N-dealkylation sites (tertiary alicyclic amines) is 1. The molecule has 148 valence electrons. The highest BCUT2D eigenvalue weighted by Gasteiger charge is 2.46. The third kappa shape index (κ3) is 4.04. The minimum atomic E-state index is -0.711. The first-order valence-corrected chi connectivity index (χ1v) is 10.7. The summed E-state index contributed by atoms with van der Waals surface area (Å²) in [5.41, 5.74) is 2.68. The fraction of sp³-hybridized carbons (Fsp3) is 0.296. The normalized spacial score (nSPS) is 15.2. The second kappa shape index (κ2) is 9.19. The summed E-state index contributed by atoms with van der Waals surface area (Å²) in [6, 6.07) is 31.1. The molecule has 1 aliphatic heterocycles. The van der Waals surface area contributed by atoms with E-state index in [4.69, 9.17) is 0 Å². The maximum absolute atomic E-state index is 14.1. The highest BCUT2D eigenvalue weighted by atomic mass is 16.1. The summed E-state index contributed by atoms with van der Waals surface area (Å²) in [4.78, 5) is 16.5. The third-order valence-corrected chi connectivity index (χ3v) is 6.10. The van der Waals surface area contributed by atoms with Gasteiger partial charge in [0, 0.05) is 6.42 Å². The Kier molecular flexibility index (Phi) is 6.21. The summed E-state index contributed by atoms with van der Waals surface area (Å²) in [7, 11) is 0. The molecule has 1 heterocycles. The van der Waals surface area contributed by atoms with Crippen molar-refractivity contribution in [2.75, 3.05) is 13.1 Å². The molecule has 4 rings (SSSR count). The van der Waals surface area contributed by atoms with Crippen molar-refractivity contribution < 1.29 is 4.79 Å². The van der Waals surface area contributed by atoms with Crippen molar-refractivity contribution in [2.45, 2.75) is 37.6 Å². The van der Waals surface area contributed by atoms with Crippen molar-refractivity contribution in [1.82, 2.24) is 4.90 Å². The Morgan fingerprint density at radius 3 is 1.69 bits per heavy atom. The molecule has 2 heteroatoms. The first-order valence-electron chi connectivity index (χ1n) is 10.7. The smallest absolute Gasteiger partial charge is 0.162 e. The van der Waals surface area contributed by atoms with Crippen LogP contribution in [0.25, 0.3) is 0 Å². The molecule has 0 atom stereocenters. The zero-order valence-electron chi connectivity index (χ0n) is 17.0. The van der Waals surface area contributed by atoms with Crippen LogP contribution >= 0.6 is 0 Å². The Labute approximate surface area is 174 Å². The van der Waals surface area contributed by atoms with E-state index in [1.165, 1.54) is 12.0 Å². The van der Waals surface area contributed by atoms with Crippen molar-refractivity contribution in [3.05, 3.63) is 108 Å². The largest absolute Gasteiger partial charge is 0.297 e. The lowest BCUT2D eigenvalue weighted by molar-refractivity contribution is -0.130. The van der Waals surface area contributed by atoms with Gasteiger partial charge in [0.05, 0.1) is 0 Å². The van der Waals surface area contributed by atoms with Crippen LogP contribution in [0.3, 0.4) is 0 Å². The van der Waals surface area contributed by atoms with Crippen LogP contribution in [0.15, 0.2) is 91.0 Å². The number of hydrogen-bond acceptors (Lipinski definition) is 2. The quantitative estimate of drug-likeness (QED) is 0.528. The van der Waals surface area contributed by atoms with Gasteiger partial charge in [-0.1, -0.05) is 97.4 Å².